The molecular weight excluding hydrogens is 174 g/mol. The molecule has 0 atom stereocenters. The van der Waals surface area contributed by atoms with Gasteiger partial charge in [0.25, 0.3) is 0 Å². The van der Waals surface area contributed by atoms with Crippen LogP contribution in [0.1, 0.15) is 25.5 Å². The molecule has 0 unspecified atom stereocenters. The van der Waals surface area contributed by atoms with Crippen LogP contribution in [0.5, 0.6) is 0 Å². The number of aromatic nitrogens is 3. The van der Waals surface area contributed by atoms with Gasteiger partial charge < -0.3 is 4.57 Å². The second kappa shape index (κ2) is 3.62. The maximum absolute atomic E-state index is 4.35. The molecular formula is C11H13N3. The van der Waals surface area contributed by atoms with E-state index in [0.29, 0.717) is 5.92 Å². The van der Waals surface area contributed by atoms with Crippen molar-refractivity contribution in [1.82, 2.24) is 14.5 Å². The molecule has 0 aliphatic heterocycles. The predicted octanol–water partition coefficient (Wildman–Crippen LogP) is 2.39. The molecule has 3 heteroatoms. The molecule has 0 aliphatic rings. The molecule has 0 N–H and O–H groups in total. The fraction of sp³-hybridized carbons (Fsp3) is 0.273. The Morgan fingerprint density at radius 3 is 2.29 bits per heavy atom. The van der Waals surface area contributed by atoms with Crippen LogP contribution in [0.3, 0.4) is 0 Å². The minimum Gasteiger partial charge on any atom is -0.307 e. The third kappa shape index (κ3) is 1.66. The van der Waals surface area contributed by atoms with E-state index < -0.39 is 0 Å². The standard InChI is InChI=1S/C11H13N3/c1-9(2)10-7-13-11(8-12-10)14-5-3-4-6-14/h3-9H,1-2H3. The smallest absolute Gasteiger partial charge is 0.155 e. The van der Waals surface area contributed by atoms with Gasteiger partial charge in [0.1, 0.15) is 0 Å². The van der Waals surface area contributed by atoms with Crippen molar-refractivity contribution in [3.8, 4) is 5.82 Å². The fourth-order valence-corrected chi connectivity index (χ4v) is 1.25. The van der Waals surface area contributed by atoms with Crippen molar-refractivity contribution < 1.29 is 0 Å². The largest absolute Gasteiger partial charge is 0.307 e. The highest BCUT2D eigenvalue weighted by Crippen LogP contribution is 2.10. The summed E-state index contributed by atoms with van der Waals surface area (Å²) in [5.41, 5.74) is 1.03. The van der Waals surface area contributed by atoms with Crippen LogP contribution in [0.15, 0.2) is 36.9 Å². The van der Waals surface area contributed by atoms with Crippen molar-refractivity contribution in [3.63, 3.8) is 0 Å². The lowest BCUT2D eigenvalue weighted by atomic mass is 10.1. The minimum atomic E-state index is 0.432. The van der Waals surface area contributed by atoms with Crippen molar-refractivity contribution in [2.75, 3.05) is 0 Å². The zero-order valence-electron chi connectivity index (χ0n) is 8.38. The summed E-state index contributed by atoms with van der Waals surface area (Å²) in [4.78, 5) is 8.69. The van der Waals surface area contributed by atoms with Crippen LogP contribution in [0, 0.1) is 0 Å². The number of hydrogen-bond donors (Lipinski definition) is 0. The minimum absolute atomic E-state index is 0.432. The van der Waals surface area contributed by atoms with E-state index >= 15 is 0 Å². The molecule has 0 radical (unpaired) electrons. The van der Waals surface area contributed by atoms with E-state index in [-0.39, 0.29) is 0 Å². The Morgan fingerprint density at radius 1 is 1.07 bits per heavy atom. The molecule has 72 valence electrons. The number of nitrogens with zero attached hydrogens (tertiary/aromatic N) is 3. The zero-order valence-corrected chi connectivity index (χ0v) is 8.38. The molecule has 3 nitrogen and oxygen atoms in total. The summed E-state index contributed by atoms with van der Waals surface area (Å²) in [5, 5.41) is 0. The first-order valence-corrected chi connectivity index (χ1v) is 4.72. The Labute approximate surface area is 83.4 Å². The average Bonchev–Trinajstić information content (AvgIpc) is 2.71. The van der Waals surface area contributed by atoms with Crippen molar-refractivity contribution in [2.24, 2.45) is 0 Å². The fourth-order valence-electron chi connectivity index (χ4n) is 1.25. The predicted molar refractivity (Wildman–Crippen MR) is 55.4 cm³/mol. The maximum atomic E-state index is 4.35. The van der Waals surface area contributed by atoms with Gasteiger partial charge in [-0.25, -0.2) is 4.98 Å². The second-order valence-corrected chi connectivity index (χ2v) is 3.54. The van der Waals surface area contributed by atoms with Crippen molar-refractivity contribution in [3.05, 3.63) is 42.6 Å². The molecule has 2 aromatic heterocycles. The normalized spacial score (nSPS) is 10.8. The summed E-state index contributed by atoms with van der Waals surface area (Å²) < 4.78 is 1.94. The first-order chi connectivity index (χ1) is 6.77. The molecule has 0 aliphatic carbocycles. The van der Waals surface area contributed by atoms with Gasteiger partial charge in [-0.2, -0.15) is 0 Å². The molecule has 0 saturated carbocycles. The van der Waals surface area contributed by atoms with Gasteiger partial charge in [-0.1, -0.05) is 13.8 Å². The van der Waals surface area contributed by atoms with E-state index in [1.807, 2.05) is 35.3 Å². The first-order valence-electron chi connectivity index (χ1n) is 4.72. The molecule has 0 amide bonds. The average molecular weight is 187 g/mol. The number of hydrogen-bond acceptors (Lipinski definition) is 2. The SMILES string of the molecule is CC(C)c1cnc(-n2cccc2)cn1. The van der Waals surface area contributed by atoms with E-state index in [1.54, 1.807) is 6.20 Å². The quantitative estimate of drug-likeness (QED) is 0.722. The van der Waals surface area contributed by atoms with Crippen LogP contribution in [0.2, 0.25) is 0 Å². The van der Waals surface area contributed by atoms with Gasteiger partial charge in [0.05, 0.1) is 18.1 Å². The van der Waals surface area contributed by atoms with Gasteiger partial charge in [0.2, 0.25) is 0 Å². The molecule has 0 spiro atoms. The van der Waals surface area contributed by atoms with Gasteiger partial charge in [-0.05, 0) is 18.1 Å². The Balaban J connectivity index is 2.31. The maximum Gasteiger partial charge on any atom is 0.155 e. The summed E-state index contributed by atoms with van der Waals surface area (Å²) in [6.45, 7) is 4.22. The van der Waals surface area contributed by atoms with Crippen LogP contribution < -0.4 is 0 Å². The van der Waals surface area contributed by atoms with E-state index in [2.05, 4.69) is 23.8 Å². The summed E-state index contributed by atoms with van der Waals surface area (Å²) in [5.74, 6) is 1.29. The van der Waals surface area contributed by atoms with E-state index in [1.165, 1.54) is 0 Å². The lowest BCUT2D eigenvalue weighted by molar-refractivity contribution is 0.803. The lowest BCUT2D eigenvalue weighted by Crippen LogP contribution is -1.99. The topological polar surface area (TPSA) is 30.7 Å². The van der Waals surface area contributed by atoms with Crippen molar-refractivity contribution in [2.45, 2.75) is 19.8 Å². The monoisotopic (exact) mass is 187 g/mol. The Bertz CT molecular complexity index is 387. The highest BCUT2D eigenvalue weighted by molar-refractivity contribution is 5.21. The second-order valence-electron chi connectivity index (χ2n) is 3.54. The van der Waals surface area contributed by atoms with E-state index in [4.69, 9.17) is 0 Å². The Morgan fingerprint density at radius 2 is 1.79 bits per heavy atom. The van der Waals surface area contributed by atoms with Crippen molar-refractivity contribution >= 4 is 0 Å². The lowest BCUT2D eigenvalue weighted by Gasteiger charge is -2.05. The van der Waals surface area contributed by atoms with Crippen LogP contribution in [0.25, 0.3) is 5.82 Å². The molecule has 14 heavy (non-hydrogen) atoms. The summed E-state index contributed by atoms with van der Waals surface area (Å²) in [6, 6.07) is 3.94. The zero-order chi connectivity index (χ0) is 9.97. The number of rotatable bonds is 2. The highest BCUT2D eigenvalue weighted by atomic mass is 15.1. The molecule has 2 aromatic rings. The van der Waals surface area contributed by atoms with Crippen molar-refractivity contribution in [1.29, 1.82) is 0 Å². The molecule has 0 fully saturated rings. The van der Waals surface area contributed by atoms with Crippen LogP contribution in [-0.4, -0.2) is 14.5 Å². The van der Waals surface area contributed by atoms with Crippen LogP contribution in [0.4, 0.5) is 0 Å². The molecule has 0 aromatic carbocycles. The summed E-state index contributed by atoms with van der Waals surface area (Å²) in [6.07, 6.45) is 7.55. The van der Waals surface area contributed by atoms with Crippen LogP contribution >= 0.6 is 0 Å². The Hall–Kier alpha value is -1.64. The third-order valence-corrected chi connectivity index (χ3v) is 2.12. The van der Waals surface area contributed by atoms with Gasteiger partial charge in [0.15, 0.2) is 5.82 Å². The van der Waals surface area contributed by atoms with Gasteiger partial charge in [-0.15, -0.1) is 0 Å². The van der Waals surface area contributed by atoms with E-state index in [0.717, 1.165) is 11.5 Å². The van der Waals surface area contributed by atoms with Gasteiger partial charge in [-0.3, -0.25) is 4.98 Å². The molecule has 0 saturated heterocycles. The molecule has 0 bridgehead atoms. The van der Waals surface area contributed by atoms with Gasteiger partial charge in [0, 0.05) is 12.4 Å². The van der Waals surface area contributed by atoms with Crippen LogP contribution in [-0.2, 0) is 0 Å². The Kier molecular flexibility index (Phi) is 2.31. The summed E-state index contributed by atoms with van der Waals surface area (Å²) in [7, 11) is 0. The first kappa shape index (κ1) is 8.94. The third-order valence-electron chi connectivity index (χ3n) is 2.12. The van der Waals surface area contributed by atoms with Gasteiger partial charge >= 0.3 is 0 Å². The molecule has 2 rings (SSSR count). The summed E-state index contributed by atoms with van der Waals surface area (Å²) >= 11 is 0. The highest BCUT2D eigenvalue weighted by Gasteiger charge is 2.01. The molecule has 2 heterocycles. The van der Waals surface area contributed by atoms with E-state index in [9.17, 15) is 0 Å².